The number of aliphatic hydroxyl groups excluding tert-OH is 1. The molecule has 0 atom stereocenters. The molecule has 1 nitrogen and oxygen atoms in total. The molecule has 0 aliphatic heterocycles. The molecule has 0 spiro atoms. The van der Waals surface area contributed by atoms with E-state index in [1.54, 1.807) is 13.8 Å². The van der Waals surface area contributed by atoms with Gasteiger partial charge in [0, 0.05) is 6.10 Å². The van der Waals surface area contributed by atoms with Crippen molar-refractivity contribution in [3.05, 3.63) is 0 Å². The van der Waals surface area contributed by atoms with Crippen molar-refractivity contribution >= 4 is 0 Å². The van der Waals surface area contributed by atoms with E-state index in [9.17, 15) is 0 Å². The summed E-state index contributed by atoms with van der Waals surface area (Å²) in [7, 11) is 0. The Morgan fingerprint density at radius 1 is 1.50 bits per heavy atom. The summed E-state index contributed by atoms with van der Waals surface area (Å²) in [5.41, 5.74) is 0. The van der Waals surface area contributed by atoms with Gasteiger partial charge >= 0.3 is 0 Å². The lowest BCUT2D eigenvalue weighted by Crippen LogP contribution is -1.85. The third kappa shape index (κ3) is 1130. The largest absolute Gasteiger partial charge is 0.394 e. The molecule has 0 aliphatic rings. The molecule has 4 heavy (non-hydrogen) atoms. The molecule has 0 rings (SSSR count). The summed E-state index contributed by atoms with van der Waals surface area (Å²) in [6.45, 7) is 3.44. The molecule has 0 aromatic rings. The van der Waals surface area contributed by atoms with Crippen molar-refractivity contribution in [2.75, 3.05) is 0 Å². The van der Waals surface area contributed by atoms with Crippen LogP contribution in [0.2, 0.25) is 0 Å². The predicted octanol–water partition coefficient (Wildman–Crippen LogP) is 0.387. The zero-order chi connectivity index (χ0) is 3.58. The summed E-state index contributed by atoms with van der Waals surface area (Å²) in [5, 5.41) is 8.06. The van der Waals surface area contributed by atoms with Crippen molar-refractivity contribution in [2.24, 2.45) is 0 Å². The van der Waals surface area contributed by atoms with Crippen molar-refractivity contribution in [3.63, 3.8) is 0 Å². The van der Waals surface area contributed by atoms with Gasteiger partial charge in [-0.2, -0.15) is 0 Å². The monoisotopic (exact) mass is 62.1 g/mol. The molecule has 1 N–H and O–H groups in total. The molecule has 0 aromatic carbocycles. The zero-order valence-corrected chi connectivity index (χ0v) is 3.02. The van der Waals surface area contributed by atoms with Gasteiger partial charge in [-0.25, -0.2) is 0 Å². The van der Waals surface area contributed by atoms with Gasteiger partial charge in [-0.1, -0.05) is 0 Å². The van der Waals surface area contributed by atoms with E-state index in [1.165, 1.54) is 0 Å². The molecular weight excluding hydrogens is 54.0 g/mol. The Morgan fingerprint density at radius 3 is 1.50 bits per heavy atom. The zero-order valence-electron chi connectivity index (χ0n) is 3.02. The molecule has 0 fully saturated rings. The van der Waals surface area contributed by atoms with E-state index < -0.39 is 0 Å². The lowest BCUT2D eigenvalue weighted by molar-refractivity contribution is 0.216. The maximum Gasteiger partial charge on any atom is 0.0483 e. The highest BCUT2D eigenvalue weighted by molar-refractivity contribution is 4.20. The minimum Gasteiger partial charge on any atom is -0.394 e. The summed E-state index contributed by atoms with van der Waals surface area (Å²) in [6, 6.07) is 0. The fourth-order valence-electron chi connectivity index (χ4n) is 0. The molecule has 0 heterocycles. The Morgan fingerprint density at radius 2 is 1.50 bits per heavy atom. The second-order valence-corrected chi connectivity index (χ2v) is 1.09. The minimum absolute atomic E-state index is 0.167. The first kappa shape index (κ1) is 3.96. The molecule has 0 saturated carbocycles. The summed E-state index contributed by atoms with van der Waals surface area (Å²) in [5.74, 6) is 0. The third-order valence-corrected chi connectivity index (χ3v) is 0. The van der Waals surface area contributed by atoms with E-state index in [2.05, 4.69) is 0 Å². The van der Waals surface area contributed by atoms with Crippen LogP contribution in [0.25, 0.3) is 0 Å². The second-order valence-electron chi connectivity index (χ2n) is 1.09. The van der Waals surface area contributed by atoms with Crippen LogP contribution in [0.5, 0.6) is 0 Å². The van der Waals surface area contributed by atoms with E-state index >= 15 is 0 Å². The molecule has 0 aliphatic carbocycles. The molecule has 0 radical (unpaired) electrons. The van der Waals surface area contributed by atoms with E-state index in [0.717, 1.165) is 0 Å². The highest BCUT2D eigenvalue weighted by Gasteiger charge is 1.69. The Hall–Kier alpha value is -0.0400. The molecular formula is C3H8O. The van der Waals surface area contributed by atoms with Crippen molar-refractivity contribution in [3.8, 4) is 0 Å². The average molecular weight is 62.1 g/mol. The fraction of sp³-hybridized carbons (Fsp3) is 1.00. The fourth-order valence-corrected chi connectivity index (χ4v) is 0. The molecule has 26 valence electrons. The van der Waals surface area contributed by atoms with Crippen LogP contribution in [0.4, 0.5) is 0 Å². The molecule has 0 unspecified atom stereocenters. The van der Waals surface area contributed by atoms with Crippen LogP contribution in [-0.2, 0) is 0 Å². The molecule has 0 amide bonds. The van der Waals surface area contributed by atoms with Crippen LogP contribution < -0.4 is 0 Å². The van der Waals surface area contributed by atoms with Gasteiger partial charge < -0.3 is 5.11 Å². The number of aliphatic hydroxyl groups is 1. The minimum atomic E-state index is -0.167. The van der Waals surface area contributed by atoms with Gasteiger partial charge in [0.05, 0.1) is 0 Å². The Balaban J connectivity index is 2.32. The Bertz CT molecular complexity index is 8.00. The Labute approximate surface area is 26.3 Å². The van der Waals surface area contributed by atoms with Crippen LogP contribution in [-0.4, -0.2) is 11.2 Å². The van der Waals surface area contributed by atoms with E-state index in [0.29, 0.717) is 0 Å². The maximum atomic E-state index is 8.06. The maximum absolute atomic E-state index is 8.06. The van der Waals surface area contributed by atoms with Crippen LogP contribution in [0.1, 0.15) is 13.8 Å². The first-order valence-corrected chi connectivity index (χ1v) is 1.41. The standard InChI is InChI=1S/C3H8O/c1-3(2)4/h3-4H,1-2H3/i1+1,2+1. The SMILES string of the molecule is [13CH3]C([13CH3])O. The first-order valence-electron chi connectivity index (χ1n) is 1.41. The highest BCUT2D eigenvalue weighted by atomic mass is 16.3. The molecule has 0 aromatic heterocycles. The van der Waals surface area contributed by atoms with Crippen molar-refractivity contribution in [1.82, 2.24) is 0 Å². The number of rotatable bonds is 0. The van der Waals surface area contributed by atoms with Gasteiger partial charge in [-0.15, -0.1) is 0 Å². The average Bonchev–Trinajstić information content (AvgIpc) is 0.811. The van der Waals surface area contributed by atoms with E-state index in [1.807, 2.05) is 0 Å². The second kappa shape index (κ2) is 1.30. The van der Waals surface area contributed by atoms with Crippen molar-refractivity contribution in [2.45, 2.75) is 20.0 Å². The van der Waals surface area contributed by atoms with Crippen LogP contribution in [0.15, 0.2) is 0 Å². The molecule has 0 bridgehead atoms. The van der Waals surface area contributed by atoms with E-state index in [4.69, 9.17) is 5.11 Å². The summed E-state index contributed by atoms with van der Waals surface area (Å²) in [4.78, 5) is 0. The quantitative estimate of drug-likeness (QED) is 0.402. The number of hydrogen-bond donors (Lipinski definition) is 1. The van der Waals surface area contributed by atoms with Crippen LogP contribution in [0, 0.1) is 0 Å². The predicted molar refractivity (Wildman–Crippen MR) is 17.4 cm³/mol. The normalized spacial score (nSPS) is 9.00. The number of hydrogen-bond acceptors (Lipinski definition) is 1. The topological polar surface area (TPSA) is 20.2 Å². The summed E-state index contributed by atoms with van der Waals surface area (Å²) in [6.07, 6.45) is -0.167. The van der Waals surface area contributed by atoms with Crippen LogP contribution >= 0.6 is 0 Å². The van der Waals surface area contributed by atoms with Gasteiger partial charge in [0.15, 0.2) is 0 Å². The smallest absolute Gasteiger partial charge is 0.0483 e. The molecule has 1 heteroatoms. The summed E-state index contributed by atoms with van der Waals surface area (Å²) < 4.78 is 0. The Kier molecular flexibility index (Phi) is 1.28. The summed E-state index contributed by atoms with van der Waals surface area (Å²) >= 11 is 0. The molecule has 0 saturated heterocycles. The lowest BCUT2D eigenvalue weighted by atomic mass is 10.9. The van der Waals surface area contributed by atoms with Crippen molar-refractivity contribution < 1.29 is 5.11 Å². The highest BCUT2D eigenvalue weighted by Crippen LogP contribution is 1.65. The van der Waals surface area contributed by atoms with Crippen molar-refractivity contribution in [1.29, 1.82) is 0 Å². The van der Waals surface area contributed by atoms with Gasteiger partial charge in [-0.05, 0) is 13.8 Å². The van der Waals surface area contributed by atoms with Gasteiger partial charge in [-0.3, -0.25) is 0 Å². The van der Waals surface area contributed by atoms with Gasteiger partial charge in [0.1, 0.15) is 0 Å². The lowest BCUT2D eigenvalue weighted by Gasteiger charge is -1.80. The van der Waals surface area contributed by atoms with E-state index in [-0.39, 0.29) is 6.10 Å². The van der Waals surface area contributed by atoms with Gasteiger partial charge in [0.2, 0.25) is 0 Å². The van der Waals surface area contributed by atoms with Crippen LogP contribution in [0.3, 0.4) is 0 Å². The first-order chi connectivity index (χ1) is 1.73. The third-order valence-electron chi connectivity index (χ3n) is 0. The van der Waals surface area contributed by atoms with Gasteiger partial charge in [0.25, 0.3) is 0 Å².